The summed E-state index contributed by atoms with van der Waals surface area (Å²) >= 11 is 7.66. The Morgan fingerprint density at radius 3 is 2.55 bits per heavy atom. The molecule has 0 aliphatic carbocycles. The van der Waals surface area contributed by atoms with Crippen molar-refractivity contribution in [2.24, 2.45) is 0 Å². The van der Waals surface area contributed by atoms with E-state index in [-0.39, 0.29) is 18.4 Å². The van der Waals surface area contributed by atoms with Crippen molar-refractivity contribution in [3.8, 4) is 11.5 Å². The lowest BCUT2D eigenvalue weighted by atomic mass is 10.1. The molecule has 1 heterocycles. The van der Waals surface area contributed by atoms with Gasteiger partial charge in [0.15, 0.2) is 11.5 Å². The number of fused-ring (bicyclic) bond motifs is 1. The first-order valence-electron chi connectivity index (χ1n) is 9.84. The number of methoxy groups -OCH3 is 2. The molecule has 31 heavy (non-hydrogen) atoms. The first-order chi connectivity index (χ1) is 14.9. The highest BCUT2D eigenvalue weighted by molar-refractivity contribution is 7.21. The Kier molecular flexibility index (Phi) is 7.76. The number of likely N-dealkylation sites (N-methyl/N-ethyl adjacent to an activating group) is 1. The molecule has 6 nitrogen and oxygen atoms in total. The van der Waals surface area contributed by atoms with Crippen LogP contribution in [0.4, 0.5) is 0 Å². The SMILES string of the molecule is COc1ccc(CCCN(C)C(=O)CNC(=O)c2sc3ccccc3c2Cl)cc1OC. The molecule has 0 atom stereocenters. The topological polar surface area (TPSA) is 67.9 Å². The summed E-state index contributed by atoms with van der Waals surface area (Å²) in [6.45, 7) is 0.503. The number of halogens is 1. The van der Waals surface area contributed by atoms with Crippen LogP contribution in [-0.2, 0) is 11.2 Å². The minimum Gasteiger partial charge on any atom is -0.493 e. The summed E-state index contributed by atoms with van der Waals surface area (Å²) in [5.41, 5.74) is 1.10. The van der Waals surface area contributed by atoms with E-state index in [1.165, 1.54) is 11.3 Å². The number of benzene rings is 2. The molecule has 164 valence electrons. The maximum absolute atomic E-state index is 12.5. The van der Waals surface area contributed by atoms with Crippen LogP contribution in [0.25, 0.3) is 10.1 Å². The zero-order valence-electron chi connectivity index (χ0n) is 17.7. The molecule has 0 fully saturated rings. The summed E-state index contributed by atoms with van der Waals surface area (Å²) < 4.78 is 11.5. The average molecular weight is 461 g/mol. The van der Waals surface area contributed by atoms with Crippen molar-refractivity contribution in [2.75, 3.05) is 34.4 Å². The van der Waals surface area contributed by atoms with Crippen molar-refractivity contribution in [3.05, 3.63) is 57.9 Å². The first-order valence-corrected chi connectivity index (χ1v) is 11.0. The van der Waals surface area contributed by atoms with Crippen LogP contribution in [0, 0.1) is 0 Å². The van der Waals surface area contributed by atoms with E-state index in [9.17, 15) is 9.59 Å². The Labute approximate surface area is 190 Å². The highest BCUT2D eigenvalue weighted by Gasteiger charge is 2.18. The van der Waals surface area contributed by atoms with E-state index in [0.29, 0.717) is 27.9 Å². The highest BCUT2D eigenvalue weighted by Crippen LogP contribution is 2.35. The Balaban J connectivity index is 1.48. The second-order valence-electron chi connectivity index (χ2n) is 7.03. The van der Waals surface area contributed by atoms with Crippen molar-refractivity contribution < 1.29 is 19.1 Å². The molecule has 2 amide bonds. The molecule has 0 aliphatic heterocycles. The number of hydrogen-bond acceptors (Lipinski definition) is 5. The number of ether oxygens (including phenoxy) is 2. The first kappa shape index (κ1) is 22.9. The Hall–Kier alpha value is -2.77. The summed E-state index contributed by atoms with van der Waals surface area (Å²) in [6, 6.07) is 13.4. The Morgan fingerprint density at radius 1 is 1.10 bits per heavy atom. The molecule has 0 spiro atoms. The van der Waals surface area contributed by atoms with Crippen LogP contribution >= 0.6 is 22.9 Å². The van der Waals surface area contributed by atoms with Crippen LogP contribution < -0.4 is 14.8 Å². The van der Waals surface area contributed by atoms with Crippen molar-refractivity contribution >= 4 is 44.8 Å². The molecule has 3 rings (SSSR count). The second kappa shape index (κ2) is 10.5. The fourth-order valence-corrected chi connectivity index (χ4v) is 4.65. The van der Waals surface area contributed by atoms with E-state index in [1.807, 2.05) is 42.5 Å². The van der Waals surface area contributed by atoms with Gasteiger partial charge < -0.3 is 19.7 Å². The van der Waals surface area contributed by atoms with Gasteiger partial charge in [-0.1, -0.05) is 35.9 Å². The number of amides is 2. The van der Waals surface area contributed by atoms with Crippen molar-refractivity contribution in [2.45, 2.75) is 12.8 Å². The van der Waals surface area contributed by atoms with Crippen LogP contribution in [-0.4, -0.2) is 51.1 Å². The van der Waals surface area contributed by atoms with Gasteiger partial charge in [0.2, 0.25) is 5.91 Å². The summed E-state index contributed by atoms with van der Waals surface area (Å²) in [5, 5.41) is 3.95. The summed E-state index contributed by atoms with van der Waals surface area (Å²) in [4.78, 5) is 26.9. The van der Waals surface area contributed by atoms with Gasteiger partial charge in [0, 0.05) is 23.7 Å². The number of carbonyl (C=O) groups is 2. The van der Waals surface area contributed by atoms with Crippen LogP contribution in [0.5, 0.6) is 11.5 Å². The van der Waals surface area contributed by atoms with Gasteiger partial charge in [-0.05, 0) is 36.6 Å². The normalized spacial score (nSPS) is 10.7. The van der Waals surface area contributed by atoms with E-state index >= 15 is 0 Å². The summed E-state index contributed by atoms with van der Waals surface area (Å²) in [5.74, 6) is 0.885. The van der Waals surface area contributed by atoms with Crippen LogP contribution in [0.15, 0.2) is 42.5 Å². The van der Waals surface area contributed by atoms with Gasteiger partial charge in [-0.15, -0.1) is 11.3 Å². The number of rotatable bonds is 9. The number of nitrogens with zero attached hydrogens (tertiary/aromatic N) is 1. The molecule has 0 bridgehead atoms. The van der Waals surface area contributed by atoms with Crippen LogP contribution in [0.1, 0.15) is 21.7 Å². The average Bonchev–Trinajstić information content (AvgIpc) is 3.13. The van der Waals surface area contributed by atoms with Crippen LogP contribution in [0.2, 0.25) is 5.02 Å². The minimum atomic E-state index is -0.335. The maximum atomic E-state index is 12.5. The molecule has 2 aromatic carbocycles. The third-order valence-corrected chi connectivity index (χ3v) is 6.65. The third kappa shape index (κ3) is 5.48. The minimum absolute atomic E-state index is 0.0731. The zero-order valence-corrected chi connectivity index (χ0v) is 19.3. The lowest BCUT2D eigenvalue weighted by Crippen LogP contribution is -2.38. The number of hydrogen-bond donors (Lipinski definition) is 1. The van der Waals surface area contributed by atoms with Crippen LogP contribution in [0.3, 0.4) is 0 Å². The summed E-state index contributed by atoms with van der Waals surface area (Å²) in [7, 11) is 4.94. The van der Waals surface area contributed by atoms with Crippen molar-refractivity contribution in [3.63, 3.8) is 0 Å². The van der Waals surface area contributed by atoms with Crippen molar-refractivity contribution in [1.82, 2.24) is 10.2 Å². The van der Waals surface area contributed by atoms with Gasteiger partial charge in [-0.2, -0.15) is 0 Å². The van der Waals surface area contributed by atoms with E-state index in [1.54, 1.807) is 26.2 Å². The molecule has 0 aliphatic rings. The van der Waals surface area contributed by atoms with E-state index < -0.39 is 0 Å². The lowest BCUT2D eigenvalue weighted by molar-refractivity contribution is -0.128. The van der Waals surface area contributed by atoms with Gasteiger partial charge in [0.05, 0.1) is 25.8 Å². The number of carbonyl (C=O) groups excluding carboxylic acids is 2. The number of aryl methyl sites for hydroxylation is 1. The van der Waals surface area contributed by atoms with Gasteiger partial charge in [-0.25, -0.2) is 0 Å². The van der Waals surface area contributed by atoms with Crippen molar-refractivity contribution in [1.29, 1.82) is 0 Å². The van der Waals surface area contributed by atoms with E-state index in [0.717, 1.165) is 28.5 Å². The molecular formula is C23H25ClN2O4S. The number of thiophene rings is 1. The van der Waals surface area contributed by atoms with Gasteiger partial charge in [-0.3, -0.25) is 9.59 Å². The largest absolute Gasteiger partial charge is 0.493 e. The molecule has 0 radical (unpaired) electrons. The quantitative estimate of drug-likeness (QED) is 0.514. The monoisotopic (exact) mass is 460 g/mol. The molecule has 1 aromatic heterocycles. The fraction of sp³-hybridized carbons (Fsp3) is 0.304. The van der Waals surface area contributed by atoms with Gasteiger partial charge in [0.1, 0.15) is 4.88 Å². The fourth-order valence-electron chi connectivity index (χ4n) is 3.21. The van der Waals surface area contributed by atoms with E-state index in [2.05, 4.69) is 5.32 Å². The molecule has 0 saturated carbocycles. The Morgan fingerprint density at radius 2 is 1.84 bits per heavy atom. The standard InChI is InChI=1S/C23H25ClN2O4S/c1-26(12-6-7-15-10-11-17(29-2)18(13-15)30-3)20(27)14-25-23(28)22-21(24)16-8-4-5-9-19(16)31-22/h4-5,8-11,13H,6-7,12,14H2,1-3H3,(H,25,28). The molecule has 0 unspecified atom stereocenters. The smallest absolute Gasteiger partial charge is 0.263 e. The van der Waals surface area contributed by atoms with Gasteiger partial charge >= 0.3 is 0 Å². The predicted octanol–water partition coefficient (Wildman–Crippen LogP) is 4.39. The molecule has 8 heteroatoms. The third-order valence-electron chi connectivity index (χ3n) is 4.97. The zero-order chi connectivity index (χ0) is 22.4. The molecule has 1 N–H and O–H groups in total. The second-order valence-corrected chi connectivity index (χ2v) is 8.46. The highest BCUT2D eigenvalue weighted by atomic mass is 35.5. The van der Waals surface area contributed by atoms with E-state index in [4.69, 9.17) is 21.1 Å². The molecule has 3 aromatic rings. The molecular weight excluding hydrogens is 436 g/mol. The lowest BCUT2D eigenvalue weighted by Gasteiger charge is -2.17. The maximum Gasteiger partial charge on any atom is 0.263 e. The summed E-state index contributed by atoms with van der Waals surface area (Å²) in [6.07, 6.45) is 1.58. The van der Waals surface area contributed by atoms with Gasteiger partial charge in [0.25, 0.3) is 5.91 Å². The Bertz CT molecular complexity index is 1080. The predicted molar refractivity (Wildman–Crippen MR) is 125 cm³/mol. The molecule has 0 saturated heterocycles. The number of nitrogens with one attached hydrogen (secondary N) is 1.